The number of hydrogen-bond acceptors (Lipinski definition) is 5. The summed E-state index contributed by atoms with van der Waals surface area (Å²) in [6, 6.07) is 0. The maximum atomic E-state index is 13.2. The van der Waals surface area contributed by atoms with Crippen molar-refractivity contribution in [1.82, 2.24) is 10.6 Å². The lowest BCUT2D eigenvalue weighted by atomic mass is 9.97. The van der Waals surface area contributed by atoms with E-state index in [1.54, 1.807) is 0 Å². The van der Waals surface area contributed by atoms with Crippen molar-refractivity contribution in [3.63, 3.8) is 0 Å². The number of hydrogen-bond donors (Lipinski definition) is 2. The number of rotatable bonds is 21. The van der Waals surface area contributed by atoms with Crippen LogP contribution in [0.3, 0.4) is 0 Å². The topological polar surface area (TPSA) is 68.8 Å². The van der Waals surface area contributed by atoms with Gasteiger partial charge in [0.1, 0.15) is 5.60 Å². The van der Waals surface area contributed by atoms with Crippen LogP contribution < -0.4 is 10.6 Å². The molecule has 42 heavy (non-hydrogen) atoms. The van der Waals surface area contributed by atoms with Crippen molar-refractivity contribution in [1.29, 1.82) is 0 Å². The third-order valence-corrected chi connectivity index (χ3v) is 18.2. The molecule has 0 unspecified atom stereocenters. The molecule has 252 valence electrons. The molecule has 0 spiro atoms. The van der Waals surface area contributed by atoms with Gasteiger partial charge in [-0.15, -0.1) is 0 Å². The summed E-state index contributed by atoms with van der Waals surface area (Å²) in [6.45, 7) is 33.2. The quantitative estimate of drug-likeness (QED) is 0.0975. The standard InChI is InChI=1S/C34H74N2O4Si2/c1-15-16-17-18-19-20-21-22-23-24-26-35-27-25-34(36-30(37)40-31(2,3)4,28-38-41(11,12)32(5,6)7)29-39-42(13,14)33(8,9)10/h35H,15-29H2,1-14H3,(H,36,37). The first kappa shape index (κ1) is 41.6. The summed E-state index contributed by atoms with van der Waals surface area (Å²) in [7, 11) is -4.13. The summed E-state index contributed by atoms with van der Waals surface area (Å²) in [6.07, 6.45) is 13.7. The van der Waals surface area contributed by atoms with Crippen molar-refractivity contribution in [3.05, 3.63) is 0 Å². The van der Waals surface area contributed by atoms with Crippen molar-refractivity contribution in [2.75, 3.05) is 26.3 Å². The monoisotopic (exact) mass is 631 g/mol. The fourth-order valence-corrected chi connectivity index (χ4v) is 6.24. The second-order valence-electron chi connectivity index (χ2n) is 16.7. The van der Waals surface area contributed by atoms with E-state index in [2.05, 4.69) is 85.3 Å². The molecule has 0 saturated carbocycles. The van der Waals surface area contributed by atoms with Crippen molar-refractivity contribution >= 4 is 22.7 Å². The maximum Gasteiger partial charge on any atom is 0.408 e. The average Bonchev–Trinajstić information content (AvgIpc) is 2.81. The van der Waals surface area contributed by atoms with E-state index in [0.29, 0.717) is 19.6 Å². The van der Waals surface area contributed by atoms with Crippen LogP contribution in [0, 0.1) is 0 Å². The van der Waals surface area contributed by atoms with E-state index < -0.39 is 33.9 Å². The molecular formula is C34H74N2O4Si2. The van der Waals surface area contributed by atoms with Crippen molar-refractivity contribution < 1.29 is 18.4 Å². The SMILES string of the molecule is CCCCCCCCCCCCNCCC(CO[Si](C)(C)C(C)(C)C)(CO[Si](C)(C)C(C)(C)C)NC(=O)OC(C)(C)C. The third kappa shape index (κ3) is 17.8. The minimum atomic E-state index is -2.07. The Kier molecular flexibility index (Phi) is 18.3. The van der Waals surface area contributed by atoms with Crippen LogP contribution in [0.4, 0.5) is 4.79 Å². The molecule has 0 bridgehead atoms. The van der Waals surface area contributed by atoms with E-state index in [9.17, 15) is 4.79 Å². The van der Waals surface area contributed by atoms with Crippen LogP contribution in [0.1, 0.15) is 140 Å². The largest absolute Gasteiger partial charge is 0.444 e. The smallest absolute Gasteiger partial charge is 0.408 e. The molecule has 1 amide bonds. The van der Waals surface area contributed by atoms with E-state index in [0.717, 1.165) is 13.1 Å². The fraction of sp³-hybridized carbons (Fsp3) is 0.971. The van der Waals surface area contributed by atoms with Gasteiger partial charge in [0, 0.05) is 0 Å². The first-order valence-corrected chi connectivity index (χ1v) is 22.9. The van der Waals surface area contributed by atoms with E-state index in [1.165, 1.54) is 64.2 Å². The Hall–Kier alpha value is -0.416. The number of carbonyl (C=O) groups excluding carboxylic acids is 1. The Morgan fingerprint density at radius 2 is 1.02 bits per heavy atom. The Balaban J connectivity index is 5.43. The third-order valence-electron chi connectivity index (χ3n) is 9.28. The highest BCUT2D eigenvalue weighted by molar-refractivity contribution is 6.74. The van der Waals surface area contributed by atoms with Crippen LogP contribution in [0.2, 0.25) is 36.3 Å². The number of alkyl carbamates (subject to hydrolysis) is 1. The summed E-state index contributed by atoms with van der Waals surface area (Å²) in [5.74, 6) is 0. The molecule has 8 heteroatoms. The van der Waals surface area contributed by atoms with Gasteiger partial charge in [-0.05, 0) is 83.0 Å². The number of ether oxygens (including phenoxy) is 1. The predicted octanol–water partition coefficient (Wildman–Crippen LogP) is 10.2. The predicted molar refractivity (Wildman–Crippen MR) is 188 cm³/mol. The Labute approximate surface area is 264 Å². The highest BCUT2D eigenvalue weighted by Gasteiger charge is 2.44. The zero-order valence-electron chi connectivity index (χ0n) is 30.7. The van der Waals surface area contributed by atoms with E-state index in [-0.39, 0.29) is 10.1 Å². The number of amides is 1. The summed E-state index contributed by atoms with van der Waals surface area (Å²) in [4.78, 5) is 13.2. The van der Waals surface area contributed by atoms with Gasteiger partial charge in [0.15, 0.2) is 16.6 Å². The van der Waals surface area contributed by atoms with Crippen LogP contribution in [0.15, 0.2) is 0 Å². The number of nitrogens with one attached hydrogen (secondary N) is 2. The van der Waals surface area contributed by atoms with E-state index >= 15 is 0 Å². The van der Waals surface area contributed by atoms with Gasteiger partial charge in [0.05, 0.1) is 18.8 Å². The van der Waals surface area contributed by atoms with Gasteiger partial charge in [-0.1, -0.05) is 106 Å². The normalized spacial score (nSPS) is 13.9. The molecule has 0 atom stereocenters. The zero-order valence-corrected chi connectivity index (χ0v) is 32.7. The minimum absolute atomic E-state index is 0.0682. The van der Waals surface area contributed by atoms with Crippen LogP contribution in [-0.4, -0.2) is 60.2 Å². The lowest BCUT2D eigenvalue weighted by Gasteiger charge is -2.44. The maximum absolute atomic E-state index is 13.2. The lowest BCUT2D eigenvalue weighted by molar-refractivity contribution is 0.0302. The van der Waals surface area contributed by atoms with Crippen molar-refractivity contribution in [2.45, 2.75) is 187 Å². The summed E-state index contributed by atoms with van der Waals surface area (Å²) in [5.41, 5.74) is -1.26. The minimum Gasteiger partial charge on any atom is -0.444 e. The zero-order chi connectivity index (χ0) is 32.7. The van der Waals surface area contributed by atoms with Crippen LogP contribution >= 0.6 is 0 Å². The molecule has 0 aliphatic heterocycles. The van der Waals surface area contributed by atoms with Crippen LogP contribution in [0.25, 0.3) is 0 Å². The molecular weight excluding hydrogens is 557 g/mol. The fourth-order valence-electron chi connectivity index (χ4n) is 4.10. The van der Waals surface area contributed by atoms with Gasteiger partial charge in [-0.3, -0.25) is 0 Å². The lowest BCUT2D eigenvalue weighted by Crippen LogP contribution is -2.61. The molecule has 0 heterocycles. The first-order chi connectivity index (χ1) is 19.1. The second-order valence-corrected chi connectivity index (χ2v) is 26.3. The van der Waals surface area contributed by atoms with Gasteiger partial charge in [-0.2, -0.15) is 0 Å². The van der Waals surface area contributed by atoms with Crippen LogP contribution in [-0.2, 0) is 13.6 Å². The molecule has 0 fully saturated rings. The molecule has 0 aliphatic rings. The van der Waals surface area contributed by atoms with Crippen molar-refractivity contribution in [2.24, 2.45) is 0 Å². The number of carbonyl (C=O) groups is 1. The Bertz CT molecular complexity index is 707. The number of unbranched alkanes of at least 4 members (excludes halogenated alkanes) is 9. The second kappa shape index (κ2) is 18.5. The summed E-state index contributed by atoms with van der Waals surface area (Å²) >= 11 is 0. The highest BCUT2D eigenvalue weighted by Crippen LogP contribution is 2.39. The summed E-state index contributed by atoms with van der Waals surface area (Å²) < 4.78 is 19.3. The molecule has 0 saturated heterocycles. The molecule has 0 radical (unpaired) electrons. The average molecular weight is 631 g/mol. The van der Waals surface area contributed by atoms with E-state index in [4.69, 9.17) is 13.6 Å². The van der Waals surface area contributed by atoms with E-state index in [1.807, 2.05) is 20.8 Å². The molecule has 0 aromatic rings. The molecule has 0 aromatic carbocycles. The van der Waals surface area contributed by atoms with Gasteiger partial charge in [-0.25, -0.2) is 4.79 Å². The molecule has 0 rings (SSSR count). The molecule has 0 aromatic heterocycles. The molecule has 6 nitrogen and oxygen atoms in total. The first-order valence-electron chi connectivity index (χ1n) is 17.1. The van der Waals surface area contributed by atoms with Crippen molar-refractivity contribution in [3.8, 4) is 0 Å². The Morgan fingerprint density at radius 3 is 1.40 bits per heavy atom. The summed E-state index contributed by atoms with van der Waals surface area (Å²) in [5, 5.41) is 7.07. The highest BCUT2D eigenvalue weighted by atomic mass is 28.4. The van der Waals surface area contributed by atoms with Gasteiger partial charge in [0.25, 0.3) is 0 Å². The van der Waals surface area contributed by atoms with Crippen LogP contribution in [0.5, 0.6) is 0 Å². The Morgan fingerprint density at radius 1 is 0.619 bits per heavy atom. The molecule has 2 N–H and O–H groups in total. The van der Waals surface area contributed by atoms with Gasteiger partial charge < -0.3 is 24.2 Å². The van der Waals surface area contributed by atoms with Gasteiger partial charge >= 0.3 is 6.09 Å². The van der Waals surface area contributed by atoms with Gasteiger partial charge in [0.2, 0.25) is 0 Å². The molecule has 0 aliphatic carbocycles.